The Morgan fingerprint density at radius 2 is 1.90 bits per heavy atom. The first-order chi connectivity index (χ1) is 10.00. The Hall–Kier alpha value is -1.49. The zero-order valence-corrected chi connectivity index (χ0v) is 13.1. The van der Waals surface area contributed by atoms with Crippen molar-refractivity contribution >= 4 is 5.97 Å². The van der Waals surface area contributed by atoms with Gasteiger partial charge in [-0.15, -0.1) is 0 Å². The first-order valence-corrected chi connectivity index (χ1v) is 7.66. The van der Waals surface area contributed by atoms with E-state index < -0.39 is 11.6 Å². The molecule has 0 saturated heterocycles. The molecule has 21 heavy (non-hydrogen) atoms. The minimum atomic E-state index is -0.974. The lowest BCUT2D eigenvalue weighted by Crippen LogP contribution is -2.31. The molecule has 0 atom stereocenters. The average Bonchev–Trinajstić information content (AvgIpc) is 2.72. The highest BCUT2D eigenvalue weighted by molar-refractivity contribution is 5.88. The molecule has 0 aliphatic heterocycles. The van der Waals surface area contributed by atoms with Crippen molar-refractivity contribution in [2.45, 2.75) is 63.9 Å². The van der Waals surface area contributed by atoms with Crippen LogP contribution in [-0.4, -0.2) is 28.2 Å². The third-order valence-electron chi connectivity index (χ3n) is 4.31. The first-order valence-electron chi connectivity index (χ1n) is 7.66. The van der Waals surface area contributed by atoms with Crippen molar-refractivity contribution in [2.75, 3.05) is 7.11 Å². The number of carboxylic acid groups (broad SMARTS) is 1. The van der Waals surface area contributed by atoms with Crippen molar-refractivity contribution in [3.8, 4) is 0 Å². The summed E-state index contributed by atoms with van der Waals surface area (Å²) >= 11 is 0. The lowest BCUT2D eigenvalue weighted by Gasteiger charge is -2.30. The number of nitrogens with zero attached hydrogens (tertiary/aromatic N) is 2. The SMILES string of the molecule is COC1(c2ncc(C(=O)O)c(C(C)C)n2)CCCCCC1. The predicted molar refractivity (Wildman–Crippen MR) is 79.5 cm³/mol. The molecule has 1 aliphatic rings. The molecule has 1 N–H and O–H groups in total. The standard InChI is InChI=1S/C16H24N2O3/c1-11(2)13-12(14(19)20)10-17-15(18-13)16(21-3)8-6-4-5-7-9-16/h10-11H,4-9H2,1-3H3,(H,19,20). The van der Waals surface area contributed by atoms with Crippen molar-refractivity contribution in [3.63, 3.8) is 0 Å². The molecule has 1 saturated carbocycles. The van der Waals surface area contributed by atoms with Crippen molar-refractivity contribution in [3.05, 3.63) is 23.3 Å². The van der Waals surface area contributed by atoms with Crippen molar-refractivity contribution in [2.24, 2.45) is 0 Å². The number of aromatic carboxylic acids is 1. The third kappa shape index (κ3) is 3.23. The molecule has 1 aliphatic carbocycles. The fraction of sp³-hybridized carbons (Fsp3) is 0.688. The van der Waals surface area contributed by atoms with Crippen molar-refractivity contribution < 1.29 is 14.6 Å². The molecule has 1 aromatic heterocycles. The summed E-state index contributed by atoms with van der Waals surface area (Å²) in [6, 6.07) is 0. The lowest BCUT2D eigenvalue weighted by molar-refractivity contribution is -0.0354. The third-order valence-corrected chi connectivity index (χ3v) is 4.31. The van der Waals surface area contributed by atoms with Crippen LogP contribution in [0.4, 0.5) is 0 Å². The summed E-state index contributed by atoms with van der Waals surface area (Å²) in [5.74, 6) is -0.296. The number of carboxylic acids is 1. The highest BCUT2D eigenvalue weighted by Crippen LogP contribution is 2.37. The van der Waals surface area contributed by atoms with Gasteiger partial charge < -0.3 is 9.84 Å². The van der Waals surface area contributed by atoms with Gasteiger partial charge in [0.25, 0.3) is 0 Å². The van der Waals surface area contributed by atoms with Crippen LogP contribution in [0.15, 0.2) is 6.20 Å². The molecule has 5 nitrogen and oxygen atoms in total. The van der Waals surface area contributed by atoms with Crippen LogP contribution in [0.5, 0.6) is 0 Å². The number of ether oxygens (including phenoxy) is 1. The molecule has 0 radical (unpaired) electrons. The van der Waals surface area contributed by atoms with Gasteiger partial charge in [-0.3, -0.25) is 0 Å². The second kappa shape index (κ2) is 6.52. The van der Waals surface area contributed by atoms with E-state index in [0.717, 1.165) is 25.7 Å². The van der Waals surface area contributed by atoms with Crippen LogP contribution in [-0.2, 0) is 10.3 Å². The van der Waals surface area contributed by atoms with Crippen molar-refractivity contribution in [1.29, 1.82) is 0 Å². The molecule has 5 heteroatoms. The van der Waals surface area contributed by atoms with Crippen LogP contribution in [0.25, 0.3) is 0 Å². The van der Waals surface area contributed by atoms with Gasteiger partial charge in [-0.25, -0.2) is 14.8 Å². The molecule has 0 aromatic carbocycles. The van der Waals surface area contributed by atoms with E-state index in [1.54, 1.807) is 7.11 Å². The maximum Gasteiger partial charge on any atom is 0.339 e. The molecule has 0 amide bonds. The highest BCUT2D eigenvalue weighted by atomic mass is 16.5. The Kier molecular flexibility index (Phi) is 4.93. The molecule has 116 valence electrons. The minimum absolute atomic E-state index is 0.0394. The summed E-state index contributed by atoms with van der Waals surface area (Å²) in [5, 5.41) is 9.27. The molecule has 1 aromatic rings. The lowest BCUT2D eigenvalue weighted by atomic mass is 9.92. The van der Waals surface area contributed by atoms with E-state index in [2.05, 4.69) is 9.97 Å². The molecule has 1 heterocycles. The van der Waals surface area contributed by atoms with Gasteiger partial charge in [-0.05, 0) is 18.8 Å². The van der Waals surface area contributed by atoms with Crippen LogP contribution in [0, 0.1) is 0 Å². The van der Waals surface area contributed by atoms with Gasteiger partial charge in [0, 0.05) is 13.3 Å². The minimum Gasteiger partial charge on any atom is -0.478 e. The summed E-state index contributed by atoms with van der Waals surface area (Å²) in [5.41, 5.74) is 0.318. The van der Waals surface area contributed by atoms with Gasteiger partial charge >= 0.3 is 5.97 Å². The Labute approximate surface area is 125 Å². The van der Waals surface area contributed by atoms with Gasteiger partial charge in [-0.2, -0.15) is 0 Å². The normalized spacial score (nSPS) is 18.5. The highest BCUT2D eigenvalue weighted by Gasteiger charge is 2.36. The predicted octanol–water partition coefficient (Wildman–Crippen LogP) is 3.49. The van der Waals surface area contributed by atoms with E-state index in [4.69, 9.17) is 4.74 Å². The van der Waals surface area contributed by atoms with Crippen LogP contribution < -0.4 is 0 Å². The summed E-state index contributed by atoms with van der Waals surface area (Å²) in [6.07, 6.45) is 7.82. The molecule has 0 spiro atoms. The van der Waals surface area contributed by atoms with Gasteiger partial charge in [0.05, 0.1) is 11.3 Å². The average molecular weight is 292 g/mol. The maximum absolute atomic E-state index is 11.3. The van der Waals surface area contributed by atoms with E-state index in [9.17, 15) is 9.90 Å². The fourth-order valence-electron chi connectivity index (χ4n) is 3.04. The zero-order chi connectivity index (χ0) is 15.5. The summed E-state index contributed by atoms with van der Waals surface area (Å²) in [4.78, 5) is 20.2. The Morgan fingerprint density at radius 3 is 2.38 bits per heavy atom. The second-order valence-corrected chi connectivity index (χ2v) is 6.07. The van der Waals surface area contributed by atoms with Crippen molar-refractivity contribution in [1.82, 2.24) is 9.97 Å². The summed E-state index contributed by atoms with van der Waals surface area (Å²) < 4.78 is 5.81. The number of hydrogen-bond acceptors (Lipinski definition) is 4. The Bertz CT molecular complexity index is 506. The van der Waals surface area contributed by atoms with Gasteiger partial charge in [0.2, 0.25) is 0 Å². The zero-order valence-electron chi connectivity index (χ0n) is 13.1. The van der Waals surface area contributed by atoms with E-state index in [0.29, 0.717) is 11.5 Å². The molecular weight excluding hydrogens is 268 g/mol. The smallest absolute Gasteiger partial charge is 0.339 e. The van der Waals surface area contributed by atoms with Crippen LogP contribution >= 0.6 is 0 Å². The molecule has 0 unspecified atom stereocenters. The summed E-state index contributed by atoms with van der Waals surface area (Å²) in [7, 11) is 1.70. The van der Waals surface area contributed by atoms with E-state index >= 15 is 0 Å². The quantitative estimate of drug-likeness (QED) is 0.860. The van der Waals surface area contributed by atoms with Crippen LogP contribution in [0.2, 0.25) is 0 Å². The molecule has 2 rings (SSSR count). The first kappa shape index (κ1) is 15.9. The topological polar surface area (TPSA) is 72.3 Å². The van der Waals surface area contributed by atoms with E-state index in [-0.39, 0.29) is 11.5 Å². The van der Waals surface area contributed by atoms with Gasteiger partial charge in [0.1, 0.15) is 5.60 Å². The monoisotopic (exact) mass is 292 g/mol. The van der Waals surface area contributed by atoms with E-state index in [1.807, 2.05) is 13.8 Å². The molecule has 0 bridgehead atoms. The largest absolute Gasteiger partial charge is 0.478 e. The number of methoxy groups -OCH3 is 1. The molecular formula is C16H24N2O3. The second-order valence-electron chi connectivity index (χ2n) is 6.07. The van der Waals surface area contributed by atoms with E-state index in [1.165, 1.54) is 19.0 Å². The van der Waals surface area contributed by atoms with Crippen LogP contribution in [0.1, 0.15) is 80.2 Å². The Balaban J connectivity index is 2.46. The number of rotatable bonds is 4. The molecule has 1 fully saturated rings. The van der Waals surface area contributed by atoms with Gasteiger partial charge in [0.15, 0.2) is 5.82 Å². The number of hydrogen-bond donors (Lipinski definition) is 1. The number of carbonyl (C=O) groups is 1. The van der Waals surface area contributed by atoms with Gasteiger partial charge in [-0.1, -0.05) is 39.5 Å². The maximum atomic E-state index is 11.3. The number of aromatic nitrogens is 2. The summed E-state index contributed by atoms with van der Waals surface area (Å²) in [6.45, 7) is 3.90. The Morgan fingerprint density at radius 1 is 1.29 bits per heavy atom. The fourth-order valence-corrected chi connectivity index (χ4v) is 3.04. The van der Waals surface area contributed by atoms with Crippen LogP contribution in [0.3, 0.4) is 0 Å².